The molecule has 1 aliphatic rings. The quantitative estimate of drug-likeness (QED) is 0.355. The molecular weight excluding hydrogens is 265 g/mol. The molecule has 2 nitrogen and oxygen atoms in total. The van der Waals surface area contributed by atoms with Gasteiger partial charge in [-0.15, -0.1) is 0 Å². The van der Waals surface area contributed by atoms with Crippen LogP contribution >= 0.6 is 22.6 Å². The average molecular weight is 279 g/mol. The van der Waals surface area contributed by atoms with Crippen molar-refractivity contribution in [3.05, 3.63) is 12.2 Å². The standard InChI is InChI=1S/C9H14INO/c10-7-3-1-2-4-9(12)11-8-5-6-8/h2,4,8H,1,3,5-7H2,(H,11,12). The smallest absolute Gasteiger partial charge is 0.243 e. The van der Waals surface area contributed by atoms with Crippen LogP contribution in [0.2, 0.25) is 0 Å². The van der Waals surface area contributed by atoms with Crippen LogP contribution in [0.15, 0.2) is 12.2 Å². The minimum absolute atomic E-state index is 0.0750. The van der Waals surface area contributed by atoms with Crippen molar-refractivity contribution in [2.24, 2.45) is 0 Å². The van der Waals surface area contributed by atoms with Crippen molar-refractivity contribution < 1.29 is 4.79 Å². The molecule has 12 heavy (non-hydrogen) atoms. The van der Waals surface area contributed by atoms with Gasteiger partial charge in [0.05, 0.1) is 0 Å². The van der Waals surface area contributed by atoms with E-state index in [-0.39, 0.29) is 5.91 Å². The number of alkyl halides is 1. The van der Waals surface area contributed by atoms with Crippen molar-refractivity contribution in [2.45, 2.75) is 31.7 Å². The second-order valence-electron chi connectivity index (χ2n) is 3.02. The monoisotopic (exact) mass is 279 g/mol. The summed E-state index contributed by atoms with van der Waals surface area (Å²) in [6, 6.07) is 0.478. The van der Waals surface area contributed by atoms with Gasteiger partial charge in [0.25, 0.3) is 0 Å². The Morgan fingerprint density at radius 2 is 2.33 bits per heavy atom. The van der Waals surface area contributed by atoms with Crippen molar-refractivity contribution in [3.8, 4) is 0 Å². The molecular formula is C9H14INO. The Kier molecular flexibility index (Phi) is 4.65. The third-order valence-corrected chi connectivity index (χ3v) is 2.46. The third-order valence-electron chi connectivity index (χ3n) is 1.70. The van der Waals surface area contributed by atoms with Crippen LogP contribution in [0.4, 0.5) is 0 Å². The number of carbonyl (C=O) groups is 1. The van der Waals surface area contributed by atoms with Gasteiger partial charge in [-0.1, -0.05) is 28.7 Å². The van der Waals surface area contributed by atoms with E-state index in [4.69, 9.17) is 0 Å². The lowest BCUT2D eigenvalue weighted by Crippen LogP contribution is -2.22. The molecule has 0 bridgehead atoms. The van der Waals surface area contributed by atoms with Crippen LogP contribution in [-0.4, -0.2) is 16.4 Å². The van der Waals surface area contributed by atoms with E-state index in [2.05, 4.69) is 27.9 Å². The number of allylic oxidation sites excluding steroid dienone is 1. The zero-order valence-electron chi connectivity index (χ0n) is 7.05. The molecule has 0 aromatic carbocycles. The van der Waals surface area contributed by atoms with Crippen LogP contribution < -0.4 is 5.32 Å². The number of halogens is 1. The zero-order chi connectivity index (χ0) is 8.81. The Morgan fingerprint density at radius 3 is 2.92 bits per heavy atom. The summed E-state index contributed by atoms with van der Waals surface area (Å²) in [4.78, 5) is 11.1. The van der Waals surface area contributed by atoms with E-state index in [1.807, 2.05) is 6.08 Å². The Hall–Kier alpha value is -0.0600. The number of unbranched alkanes of at least 4 members (excludes halogenated alkanes) is 1. The molecule has 0 atom stereocenters. The third kappa shape index (κ3) is 4.74. The van der Waals surface area contributed by atoms with E-state index < -0.39 is 0 Å². The molecule has 1 saturated carbocycles. The molecule has 0 unspecified atom stereocenters. The molecule has 0 saturated heterocycles. The van der Waals surface area contributed by atoms with Gasteiger partial charge < -0.3 is 5.32 Å². The minimum Gasteiger partial charge on any atom is -0.350 e. The van der Waals surface area contributed by atoms with Gasteiger partial charge in [0.15, 0.2) is 0 Å². The molecule has 1 amide bonds. The molecule has 1 N–H and O–H groups in total. The number of hydrogen-bond acceptors (Lipinski definition) is 1. The summed E-state index contributed by atoms with van der Waals surface area (Å²) < 4.78 is 1.16. The lowest BCUT2D eigenvalue weighted by molar-refractivity contribution is -0.116. The fourth-order valence-corrected chi connectivity index (χ4v) is 1.30. The normalized spacial score (nSPS) is 16.8. The maximum atomic E-state index is 11.1. The van der Waals surface area contributed by atoms with Crippen LogP contribution in [0, 0.1) is 0 Å². The van der Waals surface area contributed by atoms with Gasteiger partial charge in [0.1, 0.15) is 0 Å². The van der Waals surface area contributed by atoms with Gasteiger partial charge in [-0.25, -0.2) is 0 Å². The molecule has 0 aromatic heterocycles. The van der Waals surface area contributed by atoms with Crippen molar-refractivity contribution >= 4 is 28.5 Å². The number of amides is 1. The Balaban J connectivity index is 2.02. The number of nitrogens with one attached hydrogen (secondary N) is 1. The van der Waals surface area contributed by atoms with E-state index in [1.54, 1.807) is 6.08 Å². The van der Waals surface area contributed by atoms with Crippen LogP contribution in [0.1, 0.15) is 25.7 Å². The van der Waals surface area contributed by atoms with Crippen molar-refractivity contribution in [1.82, 2.24) is 5.32 Å². The molecule has 1 aliphatic carbocycles. The number of carbonyl (C=O) groups excluding carboxylic acids is 1. The zero-order valence-corrected chi connectivity index (χ0v) is 9.21. The first-order chi connectivity index (χ1) is 5.83. The predicted molar refractivity (Wildman–Crippen MR) is 58.4 cm³/mol. The van der Waals surface area contributed by atoms with Crippen LogP contribution in [-0.2, 0) is 4.79 Å². The van der Waals surface area contributed by atoms with E-state index >= 15 is 0 Å². The first kappa shape index (κ1) is 10.0. The number of rotatable bonds is 5. The van der Waals surface area contributed by atoms with E-state index in [1.165, 1.54) is 0 Å². The molecule has 0 spiro atoms. The van der Waals surface area contributed by atoms with Crippen LogP contribution in [0.25, 0.3) is 0 Å². The van der Waals surface area contributed by atoms with Gasteiger partial charge in [-0.05, 0) is 36.2 Å². The van der Waals surface area contributed by atoms with E-state index in [9.17, 15) is 4.79 Å². The Morgan fingerprint density at radius 1 is 1.58 bits per heavy atom. The summed E-state index contributed by atoms with van der Waals surface area (Å²) in [6.45, 7) is 0. The van der Waals surface area contributed by atoms with E-state index in [0.29, 0.717) is 6.04 Å². The second-order valence-corrected chi connectivity index (χ2v) is 4.10. The Labute approximate surface area is 86.9 Å². The van der Waals surface area contributed by atoms with E-state index in [0.717, 1.165) is 30.1 Å². The molecule has 0 radical (unpaired) electrons. The summed E-state index contributed by atoms with van der Waals surface area (Å²) in [5.74, 6) is 0.0750. The summed E-state index contributed by atoms with van der Waals surface area (Å²) in [5.41, 5.74) is 0. The fourth-order valence-electron chi connectivity index (χ4n) is 0.862. The molecule has 68 valence electrons. The predicted octanol–water partition coefficient (Wildman–Crippen LogP) is 2.04. The SMILES string of the molecule is O=C(C=CCCCI)NC1CC1. The van der Waals surface area contributed by atoms with Crippen LogP contribution in [0.5, 0.6) is 0 Å². The van der Waals surface area contributed by atoms with Crippen LogP contribution in [0.3, 0.4) is 0 Å². The molecule has 0 heterocycles. The van der Waals surface area contributed by atoms with Gasteiger partial charge in [0.2, 0.25) is 5.91 Å². The van der Waals surface area contributed by atoms with Gasteiger partial charge in [0, 0.05) is 6.04 Å². The maximum absolute atomic E-state index is 11.1. The van der Waals surface area contributed by atoms with Gasteiger partial charge in [-0.3, -0.25) is 4.79 Å². The van der Waals surface area contributed by atoms with Crippen molar-refractivity contribution in [3.63, 3.8) is 0 Å². The Bertz CT molecular complexity index is 175. The van der Waals surface area contributed by atoms with Gasteiger partial charge in [-0.2, -0.15) is 0 Å². The lowest BCUT2D eigenvalue weighted by atomic mass is 10.3. The number of hydrogen-bond donors (Lipinski definition) is 1. The summed E-state index contributed by atoms with van der Waals surface area (Å²) >= 11 is 2.34. The highest BCUT2D eigenvalue weighted by Crippen LogP contribution is 2.18. The minimum atomic E-state index is 0.0750. The molecule has 0 aliphatic heterocycles. The maximum Gasteiger partial charge on any atom is 0.243 e. The second kappa shape index (κ2) is 5.56. The average Bonchev–Trinajstić information content (AvgIpc) is 2.82. The topological polar surface area (TPSA) is 29.1 Å². The highest BCUT2D eigenvalue weighted by Gasteiger charge is 2.21. The summed E-state index contributed by atoms with van der Waals surface area (Å²) in [6.07, 6.45) is 8.11. The largest absolute Gasteiger partial charge is 0.350 e. The molecule has 0 aromatic rings. The molecule has 1 rings (SSSR count). The highest BCUT2D eigenvalue weighted by atomic mass is 127. The lowest BCUT2D eigenvalue weighted by Gasteiger charge is -1.95. The highest BCUT2D eigenvalue weighted by molar-refractivity contribution is 14.1. The molecule has 1 fully saturated rings. The van der Waals surface area contributed by atoms with Gasteiger partial charge >= 0.3 is 0 Å². The summed E-state index contributed by atoms with van der Waals surface area (Å²) in [5, 5.41) is 2.90. The van der Waals surface area contributed by atoms with Crippen molar-refractivity contribution in [2.75, 3.05) is 4.43 Å². The first-order valence-corrected chi connectivity index (χ1v) is 5.88. The first-order valence-electron chi connectivity index (χ1n) is 4.36. The summed E-state index contributed by atoms with van der Waals surface area (Å²) in [7, 11) is 0. The van der Waals surface area contributed by atoms with Crippen molar-refractivity contribution in [1.29, 1.82) is 0 Å². The molecule has 3 heteroatoms. The fraction of sp³-hybridized carbons (Fsp3) is 0.667.